The minimum absolute atomic E-state index is 0.0207. The van der Waals surface area contributed by atoms with Gasteiger partial charge in [-0.15, -0.1) is 0 Å². The number of amides is 2. The molecule has 1 aliphatic rings. The third-order valence-electron chi connectivity index (χ3n) is 4.55. The topological polar surface area (TPSA) is 97.8 Å². The van der Waals surface area contributed by atoms with Gasteiger partial charge in [0, 0.05) is 0 Å². The summed E-state index contributed by atoms with van der Waals surface area (Å²) in [7, 11) is -3.60. The highest BCUT2D eigenvalue weighted by atomic mass is 32.2. The molecule has 0 radical (unpaired) electrons. The number of imide groups is 1. The van der Waals surface area contributed by atoms with Gasteiger partial charge in [0.1, 0.15) is 0 Å². The quantitative estimate of drug-likeness (QED) is 0.588. The molecule has 0 fully saturated rings. The number of benzene rings is 3. The Morgan fingerprint density at radius 1 is 0.800 bits per heavy atom. The maximum absolute atomic E-state index is 12.6. The smallest absolute Gasteiger partial charge is 0.324 e. The van der Waals surface area contributed by atoms with Crippen molar-refractivity contribution >= 4 is 27.6 Å². The minimum atomic E-state index is -3.60. The fourth-order valence-electron chi connectivity index (χ4n) is 3.10. The highest BCUT2D eigenvalue weighted by molar-refractivity contribution is 7.90. The van der Waals surface area contributed by atoms with Crippen molar-refractivity contribution in [3.63, 3.8) is 0 Å². The lowest BCUT2D eigenvalue weighted by Crippen LogP contribution is -2.32. The second-order valence-electron chi connectivity index (χ2n) is 6.60. The van der Waals surface area contributed by atoms with E-state index in [2.05, 4.69) is 0 Å². The predicted molar refractivity (Wildman–Crippen MR) is 106 cm³/mol. The average Bonchev–Trinajstić information content (AvgIpc) is 2.99. The molecule has 0 aromatic heterocycles. The van der Waals surface area contributed by atoms with Gasteiger partial charge in [-0.05, 0) is 42.0 Å². The molecule has 0 bridgehead atoms. The summed E-state index contributed by atoms with van der Waals surface area (Å²) in [6, 6.07) is 20.0. The van der Waals surface area contributed by atoms with Crippen molar-refractivity contribution in [2.75, 3.05) is 0 Å². The van der Waals surface area contributed by atoms with Gasteiger partial charge in [-0.3, -0.25) is 9.59 Å². The Kier molecular flexibility index (Phi) is 4.93. The first-order chi connectivity index (χ1) is 14.4. The van der Waals surface area contributed by atoms with Crippen LogP contribution in [0.4, 0.5) is 0 Å². The van der Waals surface area contributed by atoms with Gasteiger partial charge in [0.2, 0.25) is 0 Å². The van der Waals surface area contributed by atoms with E-state index < -0.39 is 27.6 Å². The number of sulfone groups is 1. The fraction of sp³-hybridized carbons (Fsp3) is 0.0455. The highest BCUT2D eigenvalue weighted by Crippen LogP contribution is 2.24. The number of carbonyl (C=O) groups is 3. The Bertz CT molecular complexity index is 1230. The van der Waals surface area contributed by atoms with E-state index in [1.807, 2.05) is 0 Å². The first kappa shape index (κ1) is 19.5. The molecule has 0 N–H and O–H groups in total. The van der Waals surface area contributed by atoms with E-state index in [1.54, 1.807) is 36.4 Å². The van der Waals surface area contributed by atoms with Gasteiger partial charge in [0.25, 0.3) is 11.8 Å². The maximum Gasteiger partial charge on any atom is 0.363 e. The molecule has 1 aliphatic heterocycles. The Morgan fingerprint density at radius 3 is 2.03 bits per heavy atom. The molecule has 3 aromatic rings. The highest BCUT2D eigenvalue weighted by Gasteiger charge is 2.38. The number of hydroxylamine groups is 2. The molecular formula is C22H15NO6S. The van der Waals surface area contributed by atoms with Crippen LogP contribution in [0, 0.1) is 0 Å². The van der Waals surface area contributed by atoms with Crippen molar-refractivity contribution < 1.29 is 27.6 Å². The van der Waals surface area contributed by atoms with E-state index >= 15 is 0 Å². The van der Waals surface area contributed by atoms with Crippen LogP contribution in [0.2, 0.25) is 0 Å². The summed E-state index contributed by atoms with van der Waals surface area (Å²) in [6.45, 7) is 0. The van der Waals surface area contributed by atoms with Crippen LogP contribution < -0.4 is 0 Å². The van der Waals surface area contributed by atoms with Crippen LogP contribution in [0.15, 0.2) is 83.8 Å². The van der Waals surface area contributed by atoms with Crippen LogP contribution >= 0.6 is 0 Å². The maximum atomic E-state index is 12.6. The lowest BCUT2D eigenvalue weighted by Gasteiger charge is -2.13. The summed E-state index contributed by atoms with van der Waals surface area (Å²) in [5.41, 5.74) is 0.694. The van der Waals surface area contributed by atoms with E-state index in [4.69, 9.17) is 4.84 Å². The van der Waals surface area contributed by atoms with E-state index in [1.165, 1.54) is 42.5 Å². The standard InChI is InChI=1S/C22H15NO6S/c24-20-18-11-4-5-12-19(18)21(25)23(20)29-22(26)16-8-6-7-15(13-16)14-30(27,28)17-9-2-1-3-10-17/h1-13H,14H2. The molecule has 2 amide bonds. The zero-order valence-corrected chi connectivity index (χ0v) is 16.3. The second kappa shape index (κ2) is 7.57. The number of carbonyl (C=O) groups excluding carboxylic acids is 3. The van der Waals surface area contributed by atoms with Gasteiger partial charge in [0.05, 0.1) is 27.3 Å². The van der Waals surface area contributed by atoms with Crippen molar-refractivity contribution in [2.45, 2.75) is 10.6 Å². The van der Waals surface area contributed by atoms with E-state index in [9.17, 15) is 22.8 Å². The summed E-state index contributed by atoms with van der Waals surface area (Å²) in [5, 5.41) is 0.417. The van der Waals surface area contributed by atoms with Gasteiger partial charge in [-0.2, -0.15) is 0 Å². The molecule has 0 saturated carbocycles. The van der Waals surface area contributed by atoms with Crippen LogP contribution in [0.5, 0.6) is 0 Å². The summed E-state index contributed by atoms with van der Waals surface area (Å²) in [5.74, 6) is -2.72. The number of nitrogens with zero attached hydrogens (tertiary/aromatic N) is 1. The summed E-state index contributed by atoms with van der Waals surface area (Å²) in [4.78, 5) is 42.4. The monoisotopic (exact) mass is 421 g/mol. The molecular weight excluding hydrogens is 406 g/mol. The van der Waals surface area contributed by atoms with Gasteiger partial charge < -0.3 is 4.84 Å². The van der Waals surface area contributed by atoms with E-state index in [0.29, 0.717) is 10.6 Å². The van der Waals surface area contributed by atoms with Crippen LogP contribution in [0.3, 0.4) is 0 Å². The molecule has 150 valence electrons. The molecule has 30 heavy (non-hydrogen) atoms. The van der Waals surface area contributed by atoms with E-state index in [0.717, 1.165) is 0 Å². The molecule has 0 unspecified atom stereocenters. The number of fused-ring (bicyclic) bond motifs is 1. The summed E-state index contributed by atoms with van der Waals surface area (Å²) in [6.07, 6.45) is 0. The van der Waals surface area contributed by atoms with Crippen molar-refractivity contribution in [1.82, 2.24) is 5.06 Å². The molecule has 1 heterocycles. The number of hydrogen-bond acceptors (Lipinski definition) is 6. The normalized spacial score (nSPS) is 13.3. The lowest BCUT2D eigenvalue weighted by atomic mass is 10.1. The first-order valence-corrected chi connectivity index (χ1v) is 10.6. The Hall–Kier alpha value is -3.78. The van der Waals surface area contributed by atoms with Crippen molar-refractivity contribution in [2.24, 2.45) is 0 Å². The third kappa shape index (κ3) is 3.60. The van der Waals surface area contributed by atoms with Crippen LogP contribution in [-0.4, -0.2) is 31.3 Å². The predicted octanol–water partition coefficient (Wildman–Crippen LogP) is 3.03. The Labute approximate surface area is 172 Å². The average molecular weight is 421 g/mol. The first-order valence-electron chi connectivity index (χ1n) is 8.94. The zero-order valence-electron chi connectivity index (χ0n) is 15.5. The Balaban J connectivity index is 1.53. The van der Waals surface area contributed by atoms with Gasteiger partial charge in [-0.1, -0.05) is 47.5 Å². The Morgan fingerprint density at radius 2 is 1.40 bits per heavy atom. The van der Waals surface area contributed by atoms with Gasteiger partial charge >= 0.3 is 5.97 Å². The molecule has 0 atom stereocenters. The van der Waals surface area contributed by atoms with Crippen LogP contribution in [-0.2, 0) is 20.4 Å². The van der Waals surface area contributed by atoms with Gasteiger partial charge in [0.15, 0.2) is 9.84 Å². The lowest BCUT2D eigenvalue weighted by molar-refractivity contribution is -0.0584. The fourth-order valence-corrected chi connectivity index (χ4v) is 4.46. The third-order valence-corrected chi connectivity index (χ3v) is 6.26. The minimum Gasteiger partial charge on any atom is -0.324 e. The van der Waals surface area contributed by atoms with E-state index in [-0.39, 0.29) is 27.3 Å². The molecule has 3 aromatic carbocycles. The molecule has 4 rings (SSSR count). The number of hydrogen-bond donors (Lipinski definition) is 0. The number of rotatable bonds is 5. The molecule has 0 aliphatic carbocycles. The van der Waals surface area contributed by atoms with Crippen molar-refractivity contribution in [1.29, 1.82) is 0 Å². The second-order valence-corrected chi connectivity index (χ2v) is 8.59. The van der Waals surface area contributed by atoms with Crippen molar-refractivity contribution in [3.05, 3.63) is 101 Å². The molecule has 7 nitrogen and oxygen atoms in total. The van der Waals surface area contributed by atoms with Gasteiger partial charge in [-0.25, -0.2) is 13.2 Å². The van der Waals surface area contributed by atoms with Crippen LogP contribution in [0.25, 0.3) is 0 Å². The summed E-state index contributed by atoms with van der Waals surface area (Å²) >= 11 is 0. The summed E-state index contributed by atoms with van der Waals surface area (Å²) < 4.78 is 25.1. The molecule has 8 heteroatoms. The van der Waals surface area contributed by atoms with Crippen LogP contribution in [0.1, 0.15) is 36.6 Å². The molecule has 0 spiro atoms. The zero-order chi connectivity index (χ0) is 21.3. The van der Waals surface area contributed by atoms with Crippen molar-refractivity contribution in [3.8, 4) is 0 Å². The SMILES string of the molecule is O=C(ON1C(=O)c2ccccc2C1=O)c1cccc(CS(=O)(=O)c2ccccc2)c1. The largest absolute Gasteiger partial charge is 0.363 e. The molecule has 0 saturated heterocycles.